The van der Waals surface area contributed by atoms with Crippen LogP contribution in [0.2, 0.25) is 10.0 Å². The monoisotopic (exact) mass is 328 g/mol. The minimum atomic E-state index is 0.208. The highest BCUT2D eigenvalue weighted by Crippen LogP contribution is 2.27. The maximum Gasteiger partial charge on any atom is 0.0858 e. The maximum absolute atomic E-state index is 6.29. The average molecular weight is 329 g/mol. The van der Waals surface area contributed by atoms with Gasteiger partial charge in [-0.05, 0) is 56.6 Å². The highest BCUT2D eigenvalue weighted by molar-refractivity contribution is 6.33. The van der Waals surface area contributed by atoms with Crippen LogP contribution in [0.1, 0.15) is 18.4 Å². The van der Waals surface area contributed by atoms with Crippen LogP contribution in [-0.2, 0) is 11.2 Å². The quantitative estimate of drug-likeness (QED) is 0.919. The summed E-state index contributed by atoms with van der Waals surface area (Å²) in [5, 5.41) is 4.90. The van der Waals surface area contributed by atoms with Gasteiger partial charge in [0.05, 0.1) is 12.7 Å². The number of nitrogens with one attached hydrogen (secondary N) is 1. The van der Waals surface area contributed by atoms with E-state index in [0.29, 0.717) is 6.04 Å². The number of morpholine rings is 1. The van der Waals surface area contributed by atoms with Crippen LogP contribution in [0.3, 0.4) is 0 Å². The summed E-state index contributed by atoms with van der Waals surface area (Å²) in [7, 11) is 1.99. The van der Waals surface area contributed by atoms with Gasteiger partial charge in [-0.15, -0.1) is 0 Å². The Morgan fingerprint density at radius 2 is 2.29 bits per heavy atom. The van der Waals surface area contributed by atoms with Gasteiger partial charge in [0, 0.05) is 28.7 Å². The maximum atomic E-state index is 6.29. The van der Waals surface area contributed by atoms with Crippen molar-refractivity contribution in [1.29, 1.82) is 0 Å². The largest absolute Gasteiger partial charge is 0.374 e. The Labute approximate surface area is 136 Å². The van der Waals surface area contributed by atoms with Gasteiger partial charge in [0.2, 0.25) is 0 Å². The van der Waals surface area contributed by atoms with Crippen LogP contribution in [0.25, 0.3) is 0 Å². The average Bonchev–Trinajstić information content (AvgIpc) is 2.95. The molecule has 1 aromatic carbocycles. The van der Waals surface area contributed by atoms with E-state index in [1.807, 2.05) is 25.2 Å². The molecule has 0 radical (unpaired) electrons. The molecular formula is C16H22Cl2N2O. The summed E-state index contributed by atoms with van der Waals surface area (Å²) in [6, 6.07) is 6.53. The number of hydrogen-bond acceptors (Lipinski definition) is 3. The Hall–Kier alpha value is -0.320. The molecule has 116 valence electrons. The van der Waals surface area contributed by atoms with Gasteiger partial charge >= 0.3 is 0 Å². The second-order valence-corrected chi connectivity index (χ2v) is 6.84. The SMILES string of the molecule is CNC(Cc1cc(Cl)ccc1Cl)C1CN2CCCC2CO1. The Bertz CT molecular complexity index is 497. The second-order valence-electron chi connectivity index (χ2n) is 6.00. The molecule has 3 atom stereocenters. The van der Waals surface area contributed by atoms with E-state index in [1.54, 1.807) is 0 Å². The number of rotatable bonds is 4. The second kappa shape index (κ2) is 6.84. The standard InChI is InChI=1S/C16H22Cl2N2O/c1-19-15(8-11-7-12(17)4-5-14(11)18)16-9-20-6-2-3-13(20)10-21-16/h4-5,7,13,15-16,19H,2-3,6,8-10H2,1H3. The summed E-state index contributed by atoms with van der Waals surface area (Å²) >= 11 is 12.4. The first-order chi connectivity index (χ1) is 10.2. The van der Waals surface area contributed by atoms with Crippen molar-refractivity contribution in [3.63, 3.8) is 0 Å². The predicted octanol–water partition coefficient (Wildman–Crippen LogP) is 2.99. The summed E-state index contributed by atoms with van der Waals surface area (Å²) < 4.78 is 6.11. The number of nitrogens with zero attached hydrogens (tertiary/aromatic N) is 1. The topological polar surface area (TPSA) is 24.5 Å². The van der Waals surface area contributed by atoms with Crippen LogP contribution in [-0.4, -0.2) is 49.8 Å². The predicted molar refractivity (Wildman–Crippen MR) is 87.3 cm³/mol. The minimum absolute atomic E-state index is 0.208. The van der Waals surface area contributed by atoms with Gasteiger partial charge in [0.15, 0.2) is 0 Å². The van der Waals surface area contributed by atoms with Gasteiger partial charge in [0.1, 0.15) is 0 Å². The third kappa shape index (κ3) is 3.54. The van der Waals surface area contributed by atoms with Crippen LogP contribution >= 0.6 is 23.2 Å². The molecule has 1 N–H and O–H groups in total. The molecule has 0 saturated carbocycles. The normalized spacial score (nSPS) is 27.6. The lowest BCUT2D eigenvalue weighted by Gasteiger charge is -2.39. The van der Waals surface area contributed by atoms with Crippen molar-refractivity contribution in [3.8, 4) is 0 Å². The number of likely N-dealkylation sites (N-methyl/N-ethyl adjacent to an activating group) is 1. The molecule has 0 aliphatic carbocycles. The lowest BCUT2D eigenvalue weighted by atomic mass is 9.99. The van der Waals surface area contributed by atoms with Crippen molar-refractivity contribution < 1.29 is 4.74 Å². The van der Waals surface area contributed by atoms with Crippen LogP contribution in [0.15, 0.2) is 18.2 Å². The zero-order valence-corrected chi connectivity index (χ0v) is 13.8. The number of fused-ring (bicyclic) bond motifs is 1. The van der Waals surface area contributed by atoms with E-state index in [0.717, 1.165) is 35.2 Å². The number of halogens is 2. The molecule has 5 heteroatoms. The van der Waals surface area contributed by atoms with Gasteiger partial charge in [-0.1, -0.05) is 23.2 Å². The molecule has 2 fully saturated rings. The Kier molecular flexibility index (Phi) is 5.07. The molecule has 0 amide bonds. The molecule has 3 nitrogen and oxygen atoms in total. The smallest absolute Gasteiger partial charge is 0.0858 e. The zero-order valence-electron chi connectivity index (χ0n) is 12.3. The van der Waals surface area contributed by atoms with Crippen LogP contribution in [0.5, 0.6) is 0 Å². The fourth-order valence-electron chi connectivity index (χ4n) is 3.44. The van der Waals surface area contributed by atoms with Gasteiger partial charge in [-0.25, -0.2) is 0 Å². The molecule has 2 aliphatic heterocycles. The van der Waals surface area contributed by atoms with E-state index in [2.05, 4.69) is 10.2 Å². The minimum Gasteiger partial charge on any atom is -0.374 e. The van der Waals surface area contributed by atoms with E-state index in [9.17, 15) is 0 Å². The highest BCUT2D eigenvalue weighted by atomic mass is 35.5. The summed E-state index contributed by atoms with van der Waals surface area (Å²) in [5.74, 6) is 0. The van der Waals surface area contributed by atoms with E-state index >= 15 is 0 Å². The number of ether oxygens (including phenoxy) is 1. The van der Waals surface area contributed by atoms with Crippen LogP contribution < -0.4 is 5.32 Å². The molecule has 21 heavy (non-hydrogen) atoms. The summed E-state index contributed by atoms with van der Waals surface area (Å²) in [6.07, 6.45) is 3.61. The molecule has 2 aliphatic rings. The molecule has 2 heterocycles. The van der Waals surface area contributed by atoms with Crippen molar-refractivity contribution >= 4 is 23.2 Å². The van der Waals surface area contributed by atoms with Crippen molar-refractivity contribution in [2.75, 3.05) is 26.7 Å². The van der Waals surface area contributed by atoms with E-state index in [-0.39, 0.29) is 12.1 Å². The van der Waals surface area contributed by atoms with Crippen molar-refractivity contribution in [2.45, 2.75) is 37.5 Å². The molecule has 3 rings (SSSR count). The lowest BCUT2D eigenvalue weighted by Crippen LogP contribution is -2.54. The molecular weight excluding hydrogens is 307 g/mol. The lowest BCUT2D eigenvalue weighted by molar-refractivity contribution is -0.0634. The molecule has 0 aromatic heterocycles. The fraction of sp³-hybridized carbons (Fsp3) is 0.625. The fourth-order valence-corrected chi connectivity index (χ4v) is 3.83. The molecule has 0 spiro atoms. The van der Waals surface area contributed by atoms with Crippen molar-refractivity contribution in [1.82, 2.24) is 10.2 Å². The highest BCUT2D eigenvalue weighted by Gasteiger charge is 2.35. The molecule has 0 bridgehead atoms. The number of hydrogen-bond donors (Lipinski definition) is 1. The molecule has 2 saturated heterocycles. The Balaban J connectivity index is 1.68. The zero-order chi connectivity index (χ0) is 14.8. The van der Waals surface area contributed by atoms with E-state index in [1.165, 1.54) is 19.4 Å². The van der Waals surface area contributed by atoms with Gasteiger partial charge < -0.3 is 10.1 Å². The van der Waals surface area contributed by atoms with E-state index < -0.39 is 0 Å². The summed E-state index contributed by atoms with van der Waals surface area (Å²) in [4.78, 5) is 2.57. The third-order valence-corrected chi connectivity index (χ3v) is 5.29. The van der Waals surface area contributed by atoms with Crippen LogP contribution in [0, 0.1) is 0 Å². The van der Waals surface area contributed by atoms with Gasteiger partial charge in [0.25, 0.3) is 0 Å². The molecule has 1 aromatic rings. The van der Waals surface area contributed by atoms with Gasteiger partial charge in [-0.3, -0.25) is 4.90 Å². The molecule has 3 unspecified atom stereocenters. The third-order valence-electron chi connectivity index (χ3n) is 4.68. The first kappa shape index (κ1) is 15.6. The Morgan fingerprint density at radius 1 is 1.43 bits per heavy atom. The van der Waals surface area contributed by atoms with Crippen LogP contribution in [0.4, 0.5) is 0 Å². The first-order valence-electron chi connectivity index (χ1n) is 7.64. The van der Waals surface area contributed by atoms with Crippen molar-refractivity contribution in [2.24, 2.45) is 0 Å². The van der Waals surface area contributed by atoms with E-state index in [4.69, 9.17) is 27.9 Å². The first-order valence-corrected chi connectivity index (χ1v) is 8.40. The Morgan fingerprint density at radius 3 is 3.10 bits per heavy atom. The summed E-state index contributed by atoms with van der Waals surface area (Å²) in [6.45, 7) is 3.07. The number of benzene rings is 1. The van der Waals surface area contributed by atoms with Gasteiger partial charge in [-0.2, -0.15) is 0 Å². The summed E-state index contributed by atoms with van der Waals surface area (Å²) in [5.41, 5.74) is 1.08. The van der Waals surface area contributed by atoms with Crippen molar-refractivity contribution in [3.05, 3.63) is 33.8 Å².